The van der Waals surface area contributed by atoms with Crippen molar-refractivity contribution in [3.63, 3.8) is 0 Å². The number of Topliss-reactive ketones (excluding diaryl/α,β-unsaturated/α-hetero) is 1. The Balaban J connectivity index is 0.000000552. The average molecular weight is 518 g/mol. The van der Waals surface area contributed by atoms with Gasteiger partial charge in [-0.3, -0.25) is 14.4 Å². The minimum absolute atomic E-state index is 0. The first-order valence-corrected chi connectivity index (χ1v) is 11.8. The average Bonchev–Trinajstić information content (AvgIpc) is 2.96. The molecule has 198 valence electrons. The van der Waals surface area contributed by atoms with Gasteiger partial charge in [-0.1, -0.05) is 25.5 Å². The zero-order valence-electron chi connectivity index (χ0n) is 20.4. The zero-order valence-corrected chi connectivity index (χ0v) is 21.2. The second kappa shape index (κ2) is 10.0. The molecule has 0 saturated heterocycles. The SMILES string of the molecule is C[C@H]1C[C@H]2[C@@H]3CCC4=CC(=O)C=C[C@]4(C)[C@@]3(F)[C@@H](O)C[C@]2(C)[C@@]1(O)C(=O)CO.Cl.NCCC(=O)O. The standard InChI is InChI=1S/C22H29FO5.C3H7NO2.ClH/c1-12-8-16-15-5-4-13-9-14(25)6-7-19(13,2)21(15,23)17(26)10-20(16,3)22(12,28)18(27)11-24;4-2-1-3(5)6;/h6-7,9,12,15-17,24,26,28H,4-5,8,10-11H2,1-3H3;1-2,4H2,(H,5,6);1H/t12-,15-,16-,17-,19-,20-,21-,22-;;/m0../s1. The van der Waals surface area contributed by atoms with Crippen LogP contribution in [-0.2, 0) is 14.4 Å². The number of aliphatic carboxylic acids is 1. The molecule has 3 fully saturated rings. The molecule has 8 atom stereocenters. The van der Waals surface area contributed by atoms with Gasteiger partial charge in [-0.05, 0) is 56.6 Å². The van der Waals surface area contributed by atoms with Crippen LogP contribution in [0, 0.1) is 28.6 Å². The van der Waals surface area contributed by atoms with Gasteiger partial charge in [0.05, 0.1) is 12.5 Å². The van der Waals surface area contributed by atoms with E-state index in [1.165, 1.54) is 12.2 Å². The van der Waals surface area contributed by atoms with Gasteiger partial charge in [-0.25, -0.2) is 4.39 Å². The van der Waals surface area contributed by atoms with Crippen molar-refractivity contribution in [3.05, 3.63) is 23.8 Å². The first kappa shape index (κ1) is 29.6. The molecule has 4 aliphatic carbocycles. The van der Waals surface area contributed by atoms with Crippen LogP contribution >= 0.6 is 12.4 Å². The second-order valence-corrected chi connectivity index (χ2v) is 10.7. The molecule has 0 spiro atoms. The van der Waals surface area contributed by atoms with Crippen molar-refractivity contribution in [1.29, 1.82) is 0 Å². The Morgan fingerprint density at radius 1 is 1.26 bits per heavy atom. The largest absolute Gasteiger partial charge is 0.481 e. The predicted molar refractivity (Wildman–Crippen MR) is 128 cm³/mol. The summed E-state index contributed by atoms with van der Waals surface area (Å²) in [5, 5.41) is 39.8. The molecule has 4 aliphatic rings. The van der Waals surface area contributed by atoms with Crippen LogP contribution in [0.25, 0.3) is 0 Å². The number of carboxylic acid groups (broad SMARTS) is 1. The third kappa shape index (κ3) is 4.09. The van der Waals surface area contributed by atoms with Crippen LogP contribution in [0.4, 0.5) is 4.39 Å². The number of carbonyl (C=O) groups excluding carboxylic acids is 2. The Morgan fingerprint density at radius 2 is 1.89 bits per heavy atom. The number of fused-ring (bicyclic) bond motifs is 5. The van der Waals surface area contributed by atoms with Gasteiger partial charge >= 0.3 is 5.97 Å². The molecule has 0 unspecified atom stereocenters. The molecule has 6 N–H and O–H groups in total. The van der Waals surface area contributed by atoms with Gasteiger partial charge < -0.3 is 26.2 Å². The van der Waals surface area contributed by atoms with Gasteiger partial charge in [0.25, 0.3) is 0 Å². The number of aliphatic hydroxyl groups is 3. The third-order valence-corrected chi connectivity index (χ3v) is 9.15. The Kier molecular flexibility index (Phi) is 8.46. The third-order valence-electron chi connectivity index (χ3n) is 9.15. The number of ketones is 2. The van der Waals surface area contributed by atoms with E-state index in [9.17, 15) is 29.7 Å². The molecule has 0 aromatic rings. The van der Waals surface area contributed by atoms with Gasteiger partial charge in [-0.2, -0.15) is 0 Å². The van der Waals surface area contributed by atoms with E-state index < -0.39 is 58.4 Å². The summed E-state index contributed by atoms with van der Waals surface area (Å²) in [6.45, 7) is 4.71. The Hall–Kier alpha value is -1.65. The highest BCUT2D eigenvalue weighted by Crippen LogP contribution is 2.70. The molecule has 0 bridgehead atoms. The summed E-state index contributed by atoms with van der Waals surface area (Å²) in [5.41, 5.74) is -0.321. The molecule has 0 heterocycles. The van der Waals surface area contributed by atoms with E-state index in [1.807, 2.05) is 0 Å². The lowest BCUT2D eigenvalue weighted by atomic mass is 9.44. The maximum Gasteiger partial charge on any atom is 0.304 e. The number of rotatable bonds is 4. The lowest BCUT2D eigenvalue weighted by molar-refractivity contribution is -0.219. The molecule has 0 aromatic carbocycles. The maximum atomic E-state index is 16.9. The summed E-state index contributed by atoms with van der Waals surface area (Å²) in [4.78, 5) is 33.9. The maximum absolute atomic E-state index is 16.9. The van der Waals surface area contributed by atoms with Gasteiger partial charge in [0.2, 0.25) is 0 Å². The van der Waals surface area contributed by atoms with Crippen molar-refractivity contribution < 1.29 is 39.2 Å². The normalized spacial score (nSPS) is 43.4. The Morgan fingerprint density at radius 3 is 2.40 bits per heavy atom. The van der Waals surface area contributed by atoms with E-state index in [-0.39, 0.29) is 43.5 Å². The van der Waals surface area contributed by atoms with Crippen molar-refractivity contribution in [1.82, 2.24) is 0 Å². The Bertz CT molecular complexity index is 941. The van der Waals surface area contributed by atoms with E-state index in [2.05, 4.69) is 0 Å². The van der Waals surface area contributed by atoms with E-state index >= 15 is 4.39 Å². The summed E-state index contributed by atoms with van der Waals surface area (Å²) < 4.78 is 16.9. The second-order valence-electron chi connectivity index (χ2n) is 10.7. The highest BCUT2D eigenvalue weighted by atomic mass is 35.5. The molecule has 8 nitrogen and oxygen atoms in total. The Labute approximate surface area is 210 Å². The molecule has 35 heavy (non-hydrogen) atoms. The van der Waals surface area contributed by atoms with E-state index in [0.29, 0.717) is 24.8 Å². The number of hydrogen-bond acceptors (Lipinski definition) is 7. The monoisotopic (exact) mass is 517 g/mol. The molecule has 0 radical (unpaired) electrons. The predicted octanol–water partition coefficient (Wildman–Crippen LogP) is 1.74. The fourth-order valence-corrected chi connectivity index (χ4v) is 7.38. The number of nitrogens with two attached hydrogens (primary N) is 1. The minimum atomic E-state index is -1.98. The zero-order chi connectivity index (χ0) is 25.7. The smallest absolute Gasteiger partial charge is 0.304 e. The molecule has 0 aliphatic heterocycles. The number of halogens is 2. The van der Waals surface area contributed by atoms with Crippen molar-refractivity contribution in [2.24, 2.45) is 34.3 Å². The first-order chi connectivity index (χ1) is 15.7. The minimum Gasteiger partial charge on any atom is -0.481 e. The first-order valence-electron chi connectivity index (χ1n) is 11.8. The van der Waals surface area contributed by atoms with Gasteiger partial charge in [0.15, 0.2) is 17.2 Å². The van der Waals surface area contributed by atoms with Crippen molar-refractivity contribution in [3.8, 4) is 0 Å². The van der Waals surface area contributed by atoms with Crippen LogP contribution < -0.4 is 5.73 Å². The molecular formula is C25H37ClFNO7. The number of aliphatic hydroxyl groups excluding tert-OH is 2. The molecule has 0 amide bonds. The van der Waals surface area contributed by atoms with E-state index in [4.69, 9.17) is 10.8 Å². The van der Waals surface area contributed by atoms with Crippen LogP contribution in [-0.4, -0.2) is 68.5 Å². The van der Waals surface area contributed by atoms with Crippen LogP contribution in [0.5, 0.6) is 0 Å². The number of allylic oxidation sites excluding steroid dienone is 4. The molecule has 3 saturated carbocycles. The number of carbonyl (C=O) groups is 3. The van der Waals surface area contributed by atoms with Crippen molar-refractivity contribution >= 4 is 29.9 Å². The summed E-state index contributed by atoms with van der Waals surface area (Å²) in [5.74, 6) is -2.95. The molecular weight excluding hydrogens is 481 g/mol. The van der Waals surface area contributed by atoms with Crippen molar-refractivity contribution in [2.75, 3.05) is 13.2 Å². The van der Waals surface area contributed by atoms with Crippen LogP contribution in [0.2, 0.25) is 0 Å². The fourth-order valence-electron chi connectivity index (χ4n) is 7.38. The summed E-state index contributed by atoms with van der Waals surface area (Å²) in [7, 11) is 0. The number of hydrogen-bond donors (Lipinski definition) is 5. The highest BCUT2D eigenvalue weighted by Gasteiger charge is 2.75. The highest BCUT2D eigenvalue weighted by molar-refractivity contribution is 6.01. The lowest BCUT2D eigenvalue weighted by Gasteiger charge is -2.62. The number of carboxylic acids is 1. The van der Waals surface area contributed by atoms with Crippen LogP contribution in [0.15, 0.2) is 23.8 Å². The quantitative estimate of drug-likeness (QED) is 0.377. The molecule has 10 heteroatoms. The van der Waals surface area contributed by atoms with E-state index in [1.54, 1.807) is 26.8 Å². The number of alkyl halides is 1. The molecule has 0 aromatic heterocycles. The van der Waals surface area contributed by atoms with Crippen molar-refractivity contribution in [2.45, 2.75) is 70.2 Å². The lowest BCUT2D eigenvalue weighted by Crippen LogP contribution is -2.69. The fraction of sp³-hybridized carbons (Fsp3) is 0.720. The summed E-state index contributed by atoms with van der Waals surface area (Å²) in [6, 6.07) is 0. The van der Waals surface area contributed by atoms with Crippen LogP contribution in [0.1, 0.15) is 52.9 Å². The van der Waals surface area contributed by atoms with Gasteiger partial charge in [0, 0.05) is 23.3 Å². The van der Waals surface area contributed by atoms with Gasteiger partial charge in [-0.15, -0.1) is 12.4 Å². The summed E-state index contributed by atoms with van der Waals surface area (Å²) >= 11 is 0. The topological polar surface area (TPSA) is 158 Å². The molecule has 4 rings (SSSR count). The van der Waals surface area contributed by atoms with Crippen LogP contribution in [0.3, 0.4) is 0 Å². The van der Waals surface area contributed by atoms with E-state index in [0.717, 1.165) is 0 Å². The van der Waals surface area contributed by atoms with Gasteiger partial charge in [0.1, 0.15) is 12.2 Å². The summed E-state index contributed by atoms with van der Waals surface area (Å²) in [6.07, 6.45) is 4.51.